The Morgan fingerprint density at radius 1 is 1.50 bits per heavy atom. The summed E-state index contributed by atoms with van der Waals surface area (Å²) >= 11 is 1.41. The van der Waals surface area contributed by atoms with Crippen molar-refractivity contribution in [1.82, 2.24) is 0 Å². The zero-order chi connectivity index (χ0) is 11.5. The Morgan fingerprint density at radius 2 is 2.25 bits per heavy atom. The summed E-state index contributed by atoms with van der Waals surface area (Å²) in [6.07, 6.45) is 3.68. The molecule has 1 N–H and O–H groups in total. The minimum absolute atomic E-state index is 0.148. The first kappa shape index (κ1) is 11.5. The van der Waals surface area contributed by atoms with Gasteiger partial charge in [0.05, 0.1) is 5.56 Å². The normalized spacial score (nSPS) is 15.1. The fourth-order valence-corrected chi connectivity index (χ4v) is 2.58. The molecule has 1 aromatic rings. The van der Waals surface area contributed by atoms with Crippen molar-refractivity contribution in [2.75, 3.05) is 5.75 Å². The van der Waals surface area contributed by atoms with Crippen LogP contribution in [0.2, 0.25) is 0 Å². The molecule has 0 aliphatic heterocycles. The first-order chi connectivity index (χ1) is 7.66. The van der Waals surface area contributed by atoms with E-state index in [-0.39, 0.29) is 11.4 Å². The van der Waals surface area contributed by atoms with Crippen molar-refractivity contribution in [2.24, 2.45) is 5.92 Å². The van der Waals surface area contributed by atoms with Crippen molar-refractivity contribution >= 4 is 17.7 Å². The molecule has 2 rings (SSSR count). The Morgan fingerprint density at radius 3 is 2.88 bits per heavy atom. The van der Waals surface area contributed by atoms with Gasteiger partial charge in [-0.05, 0) is 36.3 Å². The highest BCUT2D eigenvalue weighted by Gasteiger charge is 2.20. The maximum atomic E-state index is 13.4. The van der Waals surface area contributed by atoms with E-state index >= 15 is 0 Å². The van der Waals surface area contributed by atoms with Crippen LogP contribution in [0.4, 0.5) is 4.39 Å². The number of carboxylic acids is 1. The molecule has 0 spiro atoms. The standard InChI is InChI=1S/C12H13FO2S/c13-10-4-3-9(12(14)15)7-11(10)16-6-5-8-1-2-8/h3-4,7-8H,1-2,5-6H2,(H,14,15). The number of aromatic carboxylic acids is 1. The summed E-state index contributed by atoms with van der Waals surface area (Å²) < 4.78 is 13.4. The third-order valence-corrected chi connectivity index (χ3v) is 3.72. The van der Waals surface area contributed by atoms with E-state index < -0.39 is 5.97 Å². The highest BCUT2D eigenvalue weighted by atomic mass is 32.2. The van der Waals surface area contributed by atoms with Gasteiger partial charge in [-0.2, -0.15) is 0 Å². The van der Waals surface area contributed by atoms with Crippen LogP contribution in [0.5, 0.6) is 0 Å². The van der Waals surface area contributed by atoms with Crippen LogP contribution in [0.1, 0.15) is 29.6 Å². The van der Waals surface area contributed by atoms with E-state index in [1.165, 1.54) is 42.8 Å². The summed E-state index contributed by atoms with van der Waals surface area (Å²) in [7, 11) is 0. The number of hydrogen-bond donors (Lipinski definition) is 1. The molecule has 1 fully saturated rings. The van der Waals surface area contributed by atoms with Gasteiger partial charge >= 0.3 is 5.97 Å². The van der Waals surface area contributed by atoms with E-state index in [2.05, 4.69) is 0 Å². The van der Waals surface area contributed by atoms with Gasteiger partial charge in [0.15, 0.2) is 0 Å². The molecule has 0 heterocycles. The average molecular weight is 240 g/mol. The van der Waals surface area contributed by atoms with Crippen LogP contribution in [-0.2, 0) is 0 Å². The Balaban J connectivity index is 1.99. The number of rotatable bonds is 5. The predicted octanol–water partition coefficient (Wildman–Crippen LogP) is 3.42. The fourth-order valence-electron chi connectivity index (χ4n) is 1.49. The molecule has 1 aliphatic carbocycles. The Kier molecular flexibility index (Phi) is 3.49. The molecule has 86 valence electrons. The first-order valence-corrected chi connectivity index (χ1v) is 6.31. The van der Waals surface area contributed by atoms with Crippen molar-refractivity contribution in [3.63, 3.8) is 0 Å². The van der Waals surface area contributed by atoms with Crippen LogP contribution in [0.15, 0.2) is 23.1 Å². The predicted molar refractivity (Wildman–Crippen MR) is 61.4 cm³/mol. The molecular formula is C12H13FO2S. The van der Waals surface area contributed by atoms with Crippen LogP contribution >= 0.6 is 11.8 Å². The monoisotopic (exact) mass is 240 g/mol. The van der Waals surface area contributed by atoms with E-state index in [1.807, 2.05) is 0 Å². The molecule has 1 aromatic carbocycles. The molecule has 0 aromatic heterocycles. The van der Waals surface area contributed by atoms with Crippen molar-refractivity contribution in [2.45, 2.75) is 24.2 Å². The van der Waals surface area contributed by atoms with Crippen molar-refractivity contribution < 1.29 is 14.3 Å². The maximum absolute atomic E-state index is 13.4. The fraction of sp³-hybridized carbons (Fsp3) is 0.417. The van der Waals surface area contributed by atoms with Gasteiger partial charge in [0, 0.05) is 4.90 Å². The van der Waals surface area contributed by atoms with Crippen LogP contribution in [0.25, 0.3) is 0 Å². The van der Waals surface area contributed by atoms with Gasteiger partial charge in [0.1, 0.15) is 5.82 Å². The van der Waals surface area contributed by atoms with E-state index in [9.17, 15) is 9.18 Å². The van der Waals surface area contributed by atoms with Crippen molar-refractivity contribution in [3.05, 3.63) is 29.6 Å². The highest BCUT2D eigenvalue weighted by Crippen LogP contribution is 2.35. The lowest BCUT2D eigenvalue weighted by atomic mass is 10.2. The number of benzene rings is 1. The van der Waals surface area contributed by atoms with E-state index in [4.69, 9.17) is 5.11 Å². The van der Waals surface area contributed by atoms with Crippen LogP contribution in [0, 0.1) is 11.7 Å². The van der Waals surface area contributed by atoms with Gasteiger partial charge < -0.3 is 5.11 Å². The second-order valence-corrected chi connectivity index (χ2v) is 5.17. The van der Waals surface area contributed by atoms with Crippen LogP contribution < -0.4 is 0 Å². The topological polar surface area (TPSA) is 37.3 Å². The number of halogens is 1. The van der Waals surface area contributed by atoms with Crippen LogP contribution in [0.3, 0.4) is 0 Å². The molecular weight excluding hydrogens is 227 g/mol. The average Bonchev–Trinajstić information content (AvgIpc) is 3.04. The van der Waals surface area contributed by atoms with E-state index in [1.54, 1.807) is 0 Å². The minimum atomic E-state index is -1.01. The lowest BCUT2D eigenvalue weighted by Gasteiger charge is -2.04. The molecule has 0 unspecified atom stereocenters. The molecule has 0 amide bonds. The van der Waals surface area contributed by atoms with Gasteiger partial charge in [-0.25, -0.2) is 9.18 Å². The molecule has 0 bridgehead atoms. The Labute approximate surface area is 97.9 Å². The van der Waals surface area contributed by atoms with E-state index in [0.717, 1.165) is 18.1 Å². The molecule has 4 heteroatoms. The Bertz CT molecular complexity index is 402. The second kappa shape index (κ2) is 4.87. The second-order valence-electron chi connectivity index (χ2n) is 4.03. The van der Waals surface area contributed by atoms with Crippen molar-refractivity contribution in [3.8, 4) is 0 Å². The molecule has 1 saturated carbocycles. The van der Waals surface area contributed by atoms with Gasteiger partial charge in [0.2, 0.25) is 0 Å². The quantitative estimate of drug-likeness (QED) is 0.801. The van der Waals surface area contributed by atoms with Gasteiger partial charge in [0.25, 0.3) is 0 Å². The van der Waals surface area contributed by atoms with Crippen molar-refractivity contribution in [1.29, 1.82) is 0 Å². The smallest absolute Gasteiger partial charge is 0.335 e. The number of carboxylic acid groups (broad SMARTS) is 1. The minimum Gasteiger partial charge on any atom is -0.478 e. The number of thioether (sulfide) groups is 1. The molecule has 1 aliphatic rings. The van der Waals surface area contributed by atoms with Gasteiger partial charge in [-0.3, -0.25) is 0 Å². The zero-order valence-corrected chi connectivity index (χ0v) is 9.60. The summed E-state index contributed by atoms with van der Waals surface area (Å²) in [6.45, 7) is 0. The van der Waals surface area contributed by atoms with E-state index in [0.29, 0.717) is 4.90 Å². The first-order valence-electron chi connectivity index (χ1n) is 5.32. The van der Waals surface area contributed by atoms with Crippen LogP contribution in [-0.4, -0.2) is 16.8 Å². The SMILES string of the molecule is O=C(O)c1ccc(F)c(SCCC2CC2)c1. The summed E-state index contributed by atoms with van der Waals surface area (Å²) in [5.41, 5.74) is 0.148. The third kappa shape index (κ3) is 2.98. The third-order valence-electron chi connectivity index (χ3n) is 2.66. The Hall–Kier alpha value is -1.03. The summed E-state index contributed by atoms with van der Waals surface area (Å²) in [4.78, 5) is 11.2. The summed E-state index contributed by atoms with van der Waals surface area (Å²) in [5.74, 6) is 0.345. The largest absolute Gasteiger partial charge is 0.478 e. The molecule has 16 heavy (non-hydrogen) atoms. The lowest BCUT2D eigenvalue weighted by molar-refractivity contribution is 0.0696. The van der Waals surface area contributed by atoms with Gasteiger partial charge in [-0.15, -0.1) is 11.8 Å². The molecule has 0 radical (unpaired) electrons. The maximum Gasteiger partial charge on any atom is 0.335 e. The zero-order valence-electron chi connectivity index (χ0n) is 8.78. The number of hydrogen-bond acceptors (Lipinski definition) is 2. The summed E-state index contributed by atoms with van der Waals surface area (Å²) in [6, 6.07) is 3.93. The summed E-state index contributed by atoms with van der Waals surface area (Å²) in [5, 5.41) is 8.79. The lowest BCUT2D eigenvalue weighted by Crippen LogP contribution is -1.97. The molecule has 2 nitrogen and oxygen atoms in total. The molecule has 0 atom stereocenters. The molecule has 0 saturated heterocycles. The number of carbonyl (C=O) groups is 1. The highest BCUT2D eigenvalue weighted by molar-refractivity contribution is 7.99. The van der Waals surface area contributed by atoms with Gasteiger partial charge in [-0.1, -0.05) is 12.8 Å².